The van der Waals surface area contributed by atoms with E-state index in [9.17, 15) is 0 Å². The third kappa shape index (κ3) is 2.91. The topological polar surface area (TPSA) is 67.9 Å². The van der Waals surface area contributed by atoms with Crippen molar-refractivity contribution in [2.24, 2.45) is 0 Å². The van der Waals surface area contributed by atoms with Gasteiger partial charge in [-0.05, 0) is 0 Å². The molecule has 6 heteroatoms. The van der Waals surface area contributed by atoms with E-state index in [0.717, 1.165) is 17.4 Å². The Morgan fingerprint density at radius 3 is 2.88 bits per heavy atom. The van der Waals surface area contributed by atoms with E-state index >= 15 is 0 Å². The van der Waals surface area contributed by atoms with Crippen molar-refractivity contribution in [2.75, 3.05) is 24.2 Å². The van der Waals surface area contributed by atoms with Crippen molar-refractivity contribution in [3.63, 3.8) is 0 Å². The van der Waals surface area contributed by atoms with Crippen molar-refractivity contribution in [3.8, 4) is 0 Å². The highest BCUT2D eigenvalue weighted by Crippen LogP contribution is 2.20. The maximum absolute atomic E-state index is 5.63. The summed E-state index contributed by atoms with van der Waals surface area (Å²) in [6, 6.07) is 1.77. The highest BCUT2D eigenvalue weighted by atomic mass is 32.1. The molecule has 0 aliphatic carbocycles. The molecule has 2 heterocycles. The Kier molecular flexibility index (Phi) is 3.53. The van der Waals surface area contributed by atoms with Gasteiger partial charge in [-0.1, -0.05) is 6.92 Å². The summed E-state index contributed by atoms with van der Waals surface area (Å²) in [5.41, 5.74) is 5.63. The zero-order valence-corrected chi connectivity index (χ0v) is 10.7. The third-order valence-corrected chi connectivity index (χ3v) is 3.49. The van der Waals surface area contributed by atoms with E-state index in [-0.39, 0.29) is 0 Å². The molecule has 17 heavy (non-hydrogen) atoms. The van der Waals surface area contributed by atoms with Gasteiger partial charge in [0.15, 0.2) is 0 Å². The Balaban J connectivity index is 2.04. The number of nitrogen functional groups attached to an aromatic ring is 1. The van der Waals surface area contributed by atoms with Gasteiger partial charge in [-0.3, -0.25) is 0 Å². The van der Waals surface area contributed by atoms with E-state index in [1.165, 1.54) is 6.33 Å². The summed E-state index contributed by atoms with van der Waals surface area (Å²) in [7, 11) is 1.99. The average Bonchev–Trinajstić information content (AvgIpc) is 2.82. The van der Waals surface area contributed by atoms with Gasteiger partial charge in [0.1, 0.15) is 18.0 Å². The van der Waals surface area contributed by atoms with Gasteiger partial charge in [-0.25, -0.2) is 15.0 Å². The number of rotatable bonds is 4. The van der Waals surface area contributed by atoms with Crippen LogP contribution in [0, 0.1) is 0 Å². The van der Waals surface area contributed by atoms with Crippen LogP contribution in [-0.4, -0.2) is 28.5 Å². The van der Waals surface area contributed by atoms with Crippen LogP contribution in [0.2, 0.25) is 0 Å². The summed E-state index contributed by atoms with van der Waals surface area (Å²) in [4.78, 5) is 14.4. The summed E-state index contributed by atoms with van der Waals surface area (Å²) in [5.74, 6) is 1.70. The summed E-state index contributed by atoms with van der Waals surface area (Å²) in [6.07, 6.45) is 3.31. The van der Waals surface area contributed by atoms with Crippen LogP contribution in [0.25, 0.3) is 0 Å². The first-order valence-electron chi connectivity index (χ1n) is 5.35. The van der Waals surface area contributed by atoms with E-state index in [1.54, 1.807) is 17.4 Å². The van der Waals surface area contributed by atoms with Crippen molar-refractivity contribution in [2.45, 2.75) is 12.8 Å². The van der Waals surface area contributed by atoms with Crippen LogP contribution in [0.1, 0.15) is 17.8 Å². The molecule has 0 saturated carbocycles. The van der Waals surface area contributed by atoms with Crippen LogP contribution in [0.15, 0.2) is 24.0 Å². The first-order chi connectivity index (χ1) is 8.16. The quantitative estimate of drug-likeness (QED) is 0.894. The highest BCUT2D eigenvalue weighted by Gasteiger charge is 2.12. The molecule has 0 aliphatic rings. The Morgan fingerprint density at radius 2 is 2.24 bits per heavy atom. The molecule has 0 aromatic carbocycles. The molecule has 2 rings (SSSR count). The lowest BCUT2D eigenvalue weighted by atomic mass is 10.2. The molecular formula is C11H15N5S. The van der Waals surface area contributed by atoms with Crippen LogP contribution < -0.4 is 10.6 Å². The van der Waals surface area contributed by atoms with E-state index in [2.05, 4.69) is 26.8 Å². The van der Waals surface area contributed by atoms with E-state index in [0.29, 0.717) is 11.7 Å². The standard InChI is InChI=1S/C11H15N5S/c1-8(11-13-3-4-17-11)6-16(2)10-5-9(12)14-7-15-10/h3-5,7-8H,6H2,1-2H3,(H2,12,14,15). The third-order valence-electron chi connectivity index (χ3n) is 2.49. The van der Waals surface area contributed by atoms with Gasteiger partial charge in [0.05, 0.1) is 5.01 Å². The van der Waals surface area contributed by atoms with Crippen molar-refractivity contribution in [3.05, 3.63) is 29.0 Å². The van der Waals surface area contributed by atoms with E-state index < -0.39 is 0 Å². The van der Waals surface area contributed by atoms with Crippen molar-refractivity contribution in [1.29, 1.82) is 0 Å². The molecule has 5 nitrogen and oxygen atoms in total. The first-order valence-corrected chi connectivity index (χ1v) is 6.23. The SMILES string of the molecule is CC(CN(C)c1cc(N)ncn1)c1nccs1. The molecule has 0 spiro atoms. The lowest BCUT2D eigenvalue weighted by molar-refractivity contribution is 0.721. The molecule has 0 radical (unpaired) electrons. The number of anilines is 2. The highest BCUT2D eigenvalue weighted by molar-refractivity contribution is 7.09. The van der Waals surface area contributed by atoms with Gasteiger partial charge in [0, 0.05) is 37.2 Å². The molecule has 0 bridgehead atoms. The molecule has 0 saturated heterocycles. The summed E-state index contributed by atoms with van der Waals surface area (Å²) in [6.45, 7) is 3.00. The second-order valence-electron chi connectivity index (χ2n) is 3.95. The molecular weight excluding hydrogens is 234 g/mol. The number of nitrogens with two attached hydrogens (primary N) is 1. The molecule has 0 amide bonds. The lowest BCUT2D eigenvalue weighted by Crippen LogP contribution is -2.24. The second-order valence-corrected chi connectivity index (χ2v) is 4.88. The Hall–Kier alpha value is -1.69. The minimum Gasteiger partial charge on any atom is -0.384 e. The van der Waals surface area contributed by atoms with Gasteiger partial charge < -0.3 is 10.6 Å². The Morgan fingerprint density at radius 1 is 1.41 bits per heavy atom. The van der Waals surface area contributed by atoms with Crippen LogP contribution >= 0.6 is 11.3 Å². The molecule has 1 atom stereocenters. The fraction of sp³-hybridized carbons (Fsp3) is 0.364. The molecule has 0 fully saturated rings. The monoisotopic (exact) mass is 249 g/mol. The molecule has 2 aromatic rings. The zero-order valence-electron chi connectivity index (χ0n) is 9.87. The molecule has 1 unspecified atom stereocenters. The lowest BCUT2D eigenvalue weighted by Gasteiger charge is -2.21. The fourth-order valence-corrected chi connectivity index (χ4v) is 2.32. The second kappa shape index (κ2) is 5.09. The number of hydrogen-bond donors (Lipinski definition) is 1. The van der Waals surface area contributed by atoms with Crippen molar-refractivity contribution < 1.29 is 0 Å². The zero-order chi connectivity index (χ0) is 12.3. The molecule has 2 N–H and O–H groups in total. The summed E-state index contributed by atoms with van der Waals surface area (Å²) >= 11 is 1.68. The van der Waals surface area contributed by atoms with Crippen LogP contribution in [0.4, 0.5) is 11.6 Å². The average molecular weight is 249 g/mol. The van der Waals surface area contributed by atoms with Crippen molar-refractivity contribution in [1.82, 2.24) is 15.0 Å². The minimum atomic E-state index is 0.371. The number of likely N-dealkylation sites (N-methyl/N-ethyl adjacent to an activating group) is 1. The number of aromatic nitrogens is 3. The van der Waals surface area contributed by atoms with E-state index in [4.69, 9.17) is 5.73 Å². The largest absolute Gasteiger partial charge is 0.384 e. The number of hydrogen-bond acceptors (Lipinski definition) is 6. The Labute approximate surface area is 104 Å². The van der Waals surface area contributed by atoms with E-state index in [1.807, 2.05) is 18.6 Å². The number of thiazole rings is 1. The maximum Gasteiger partial charge on any atom is 0.133 e. The number of nitrogens with zero attached hydrogens (tertiary/aromatic N) is 4. The van der Waals surface area contributed by atoms with Crippen LogP contribution in [0.3, 0.4) is 0 Å². The van der Waals surface area contributed by atoms with Gasteiger partial charge >= 0.3 is 0 Å². The van der Waals surface area contributed by atoms with Gasteiger partial charge in [0.25, 0.3) is 0 Å². The Bertz CT molecular complexity index is 470. The molecule has 90 valence electrons. The molecule has 0 aliphatic heterocycles. The first kappa shape index (κ1) is 11.8. The normalized spacial score (nSPS) is 12.4. The van der Waals surface area contributed by atoms with Gasteiger partial charge in [0.2, 0.25) is 0 Å². The predicted molar refractivity (Wildman–Crippen MR) is 70.2 cm³/mol. The smallest absolute Gasteiger partial charge is 0.133 e. The summed E-state index contributed by atoms with van der Waals surface area (Å²) < 4.78 is 0. The maximum atomic E-state index is 5.63. The van der Waals surface area contributed by atoms with Gasteiger partial charge in [-0.2, -0.15) is 0 Å². The molecule has 2 aromatic heterocycles. The van der Waals surface area contributed by atoms with Crippen LogP contribution in [-0.2, 0) is 0 Å². The van der Waals surface area contributed by atoms with Crippen LogP contribution in [0.5, 0.6) is 0 Å². The van der Waals surface area contributed by atoms with Crippen molar-refractivity contribution >= 4 is 23.0 Å². The summed E-state index contributed by atoms with van der Waals surface area (Å²) in [5, 5.41) is 3.13. The fourth-order valence-electron chi connectivity index (χ4n) is 1.63. The van der Waals surface area contributed by atoms with Gasteiger partial charge in [-0.15, -0.1) is 11.3 Å². The minimum absolute atomic E-state index is 0.371. The predicted octanol–water partition coefficient (Wildman–Crippen LogP) is 1.76.